The van der Waals surface area contributed by atoms with E-state index < -0.39 is 5.97 Å². The molecule has 13 heavy (non-hydrogen) atoms. The molecule has 0 aromatic rings. The molecule has 4 heteroatoms. The monoisotopic (exact) mass is 188 g/mol. The molecule has 0 unspecified atom stereocenters. The van der Waals surface area contributed by atoms with Gasteiger partial charge in [0.05, 0.1) is 6.54 Å². The van der Waals surface area contributed by atoms with Crippen LogP contribution in [-0.2, 0) is 4.79 Å². The van der Waals surface area contributed by atoms with E-state index in [0.717, 1.165) is 13.1 Å². The van der Waals surface area contributed by atoms with E-state index in [2.05, 4.69) is 26.1 Å². The minimum atomic E-state index is -0.779. The van der Waals surface area contributed by atoms with Crippen molar-refractivity contribution in [3.05, 3.63) is 0 Å². The van der Waals surface area contributed by atoms with Crippen LogP contribution in [0, 0.1) is 0 Å². The van der Waals surface area contributed by atoms with Gasteiger partial charge in [0, 0.05) is 18.6 Å². The summed E-state index contributed by atoms with van der Waals surface area (Å²) in [5, 5.41) is 11.8. The van der Waals surface area contributed by atoms with Crippen molar-refractivity contribution in [2.45, 2.75) is 26.3 Å². The van der Waals surface area contributed by atoms with E-state index in [0.29, 0.717) is 0 Å². The van der Waals surface area contributed by atoms with E-state index >= 15 is 0 Å². The number of carboxylic acid groups (broad SMARTS) is 1. The second-order valence-electron chi connectivity index (χ2n) is 4.31. The van der Waals surface area contributed by atoms with Crippen LogP contribution in [0.2, 0.25) is 0 Å². The maximum absolute atomic E-state index is 10.3. The molecule has 0 rings (SSSR count). The van der Waals surface area contributed by atoms with Crippen molar-refractivity contribution >= 4 is 5.97 Å². The maximum Gasteiger partial charge on any atom is 0.317 e. The van der Waals surface area contributed by atoms with E-state index in [-0.39, 0.29) is 12.1 Å². The highest BCUT2D eigenvalue weighted by Crippen LogP contribution is 1.96. The number of hydrogen-bond donors (Lipinski definition) is 2. The molecule has 0 radical (unpaired) electrons. The molecule has 0 spiro atoms. The molecule has 0 heterocycles. The molecule has 2 N–H and O–H groups in total. The summed E-state index contributed by atoms with van der Waals surface area (Å²) in [6, 6.07) is 0. The Balaban J connectivity index is 3.48. The van der Waals surface area contributed by atoms with Crippen molar-refractivity contribution < 1.29 is 9.90 Å². The standard InChI is InChI=1S/C9H20N2O2/c1-9(2,3)10-5-6-11(4)7-8(12)13/h10H,5-7H2,1-4H3,(H,12,13). The highest BCUT2D eigenvalue weighted by molar-refractivity contribution is 5.68. The average molecular weight is 188 g/mol. The third-order valence-corrected chi connectivity index (χ3v) is 1.55. The van der Waals surface area contributed by atoms with E-state index in [1.54, 1.807) is 11.9 Å². The zero-order valence-corrected chi connectivity index (χ0v) is 8.92. The van der Waals surface area contributed by atoms with Gasteiger partial charge < -0.3 is 10.4 Å². The molecule has 78 valence electrons. The summed E-state index contributed by atoms with van der Waals surface area (Å²) in [5.41, 5.74) is 0.101. The third-order valence-electron chi connectivity index (χ3n) is 1.55. The van der Waals surface area contributed by atoms with Gasteiger partial charge in [-0.25, -0.2) is 0 Å². The summed E-state index contributed by atoms with van der Waals surface area (Å²) < 4.78 is 0. The Kier molecular flexibility index (Phi) is 4.95. The first kappa shape index (κ1) is 12.4. The number of nitrogens with one attached hydrogen (secondary N) is 1. The van der Waals surface area contributed by atoms with Gasteiger partial charge in [-0.15, -0.1) is 0 Å². The average Bonchev–Trinajstić information content (AvgIpc) is 1.81. The van der Waals surface area contributed by atoms with Gasteiger partial charge in [0.25, 0.3) is 0 Å². The predicted octanol–water partition coefficient (Wildman–Crippen LogP) is 0.391. The lowest BCUT2D eigenvalue weighted by Crippen LogP contribution is -2.41. The van der Waals surface area contributed by atoms with Crippen LogP contribution >= 0.6 is 0 Å². The van der Waals surface area contributed by atoms with Crippen LogP contribution in [0.1, 0.15) is 20.8 Å². The molecule has 0 aromatic heterocycles. The summed E-state index contributed by atoms with van der Waals surface area (Å²) >= 11 is 0. The first-order chi connectivity index (χ1) is 5.81. The van der Waals surface area contributed by atoms with Crippen LogP contribution < -0.4 is 5.32 Å². The molecule has 0 amide bonds. The molecule has 0 aliphatic rings. The van der Waals surface area contributed by atoms with Crippen LogP contribution in [0.3, 0.4) is 0 Å². The largest absolute Gasteiger partial charge is 0.480 e. The molecule has 0 bridgehead atoms. The molecular weight excluding hydrogens is 168 g/mol. The van der Waals surface area contributed by atoms with Gasteiger partial charge in [0.2, 0.25) is 0 Å². The Bertz CT molecular complexity index is 163. The van der Waals surface area contributed by atoms with Crippen LogP contribution in [0.15, 0.2) is 0 Å². The summed E-state index contributed by atoms with van der Waals surface area (Å²) in [4.78, 5) is 12.1. The first-order valence-electron chi connectivity index (χ1n) is 4.46. The number of rotatable bonds is 5. The topological polar surface area (TPSA) is 52.6 Å². The molecule has 0 saturated heterocycles. The van der Waals surface area contributed by atoms with Crippen LogP contribution in [-0.4, -0.2) is 48.2 Å². The first-order valence-corrected chi connectivity index (χ1v) is 4.46. The zero-order valence-electron chi connectivity index (χ0n) is 8.92. The summed E-state index contributed by atoms with van der Waals surface area (Å²) in [5.74, 6) is -0.779. The fraction of sp³-hybridized carbons (Fsp3) is 0.889. The van der Waals surface area contributed by atoms with Crippen molar-refractivity contribution in [3.63, 3.8) is 0 Å². The fourth-order valence-electron chi connectivity index (χ4n) is 0.932. The minimum Gasteiger partial charge on any atom is -0.480 e. The van der Waals surface area contributed by atoms with Crippen molar-refractivity contribution in [1.82, 2.24) is 10.2 Å². The fourth-order valence-corrected chi connectivity index (χ4v) is 0.932. The predicted molar refractivity (Wildman–Crippen MR) is 52.9 cm³/mol. The Morgan fingerprint density at radius 2 is 2.00 bits per heavy atom. The Labute approximate surface area is 79.9 Å². The van der Waals surface area contributed by atoms with Crippen LogP contribution in [0.25, 0.3) is 0 Å². The summed E-state index contributed by atoms with van der Waals surface area (Å²) in [7, 11) is 1.80. The van der Waals surface area contributed by atoms with Crippen LogP contribution in [0.5, 0.6) is 0 Å². The Hall–Kier alpha value is -0.610. The summed E-state index contributed by atoms with van der Waals surface area (Å²) in [6.07, 6.45) is 0. The normalized spacial score (nSPS) is 12.1. The molecule has 0 fully saturated rings. The van der Waals surface area contributed by atoms with Crippen molar-refractivity contribution in [2.24, 2.45) is 0 Å². The molecular formula is C9H20N2O2. The number of carbonyl (C=O) groups is 1. The zero-order chi connectivity index (χ0) is 10.5. The van der Waals surface area contributed by atoms with E-state index in [9.17, 15) is 4.79 Å². The number of aliphatic carboxylic acids is 1. The molecule has 0 aliphatic heterocycles. The van der Waals surface area contributed by atoms with Gasteiger partial charge >= 0.3 is 5.97 Å². The SMILES string of the molecule is CN(CCNC(C)(C)C)CC(=O)O. The molecule has 0 aromatic carbocycles. The van der Waals surface area contributed by atoms with Gasteiger partial charge in [-0.05, 0) is 27.8 Å². The van der Waals surface area contributed by atoms with E-state index in [1.165, 1.54) is 0 Å². The second kappa shape index (κ2) is 5.19. The minimum absolute atomic E-state index is 0.101. The van der Waals surface area contributed by atoms with E-state index in [1.807, 2.05) is 0 Å². The van der Waals surface area contributed by atoms with Gasteiger partial charge in [-0.3, -0.25) is 9.69 Å². The number of likely N-dealkylation sites (N-methyl/N-ethyl adjacent to an activating group) is 1. The highest BCUT2D eigenvalue weighted by Gasteiger charge is 2.09. The lowest BCUT2D eigenvalue weighted by Gasteiger charge is -2.22. The smallest absolute Gasteiger partial charge is 0.317 e. The van der Waals surface area contributed by atoms with Crippen LogP contribution in [0.4, 0.5) is 0 Å². The number of hydrogen-bond acceptors (Lipinski definition) is 3. The second-order valence-corrected chi connectivity index (χ2v) is 4.31. The van der Waals surface area contributed by atoms with Crippen molar-refractivity contribution in [1.29, 1.82) is 0 Å². The Morgan fingerprint density at radius 1 is 1.46 bits per heavy atom. The van der Waals surface area contributed by atoms with Gasteiger partial charge in [0.15, 0.2) is 0 Å². The third kappa shape index (κ3) is 9.30. The highest BCUT2D eigenvalue weighted by atomic mass is 16.4. The van der Waals surface area contributed by atoms with Gasteiger partial charge in [-0.1, -0.05) is 0 Å². The van der Waals surface area contributed by atoms with E-state index in [4.69, 9.17) is 5.11 Å². The quantitative estimate of drug-likeness (QED) is 0.655. The van der Waals surface area contributed by atoms with Crippen molar-refractivity contribution in [3.8, 4) is 0 Å². The van der Waals surface area contributed by atoms with Crippen molar-refractivity contribution in [2.75, 3.05) is 26.7 Å². The Morgan fingerprint density at radius 3 is 2.38 bits per heavy atom. The maximum atomic E-state index is 10.3. The molecule has 0 saturated carbocycles. The molecule has 0 aliphatic carbocycles. The molecule has 4 nitrogen and oxygen atoms in total. The lowest BCUT2D eigenvalue weighted by molar-refractivity contribution is -0.137. The van der Waals surface area contributed by atoms with Gasteiger partial charge in [-0.2, -0.15) is 0 Å². The summed E-state index contributed by atoms with van der Waals surface area (Å²) in [6.45, 7) is 7.93. The van der Waals surface area contributed by atoms with Gasteiger partial charge in [0.1, 0.15) is 0 Å². The lowest BCUT2D eigenvalue weighted by atomic mass is 10.1. The number of carboxylic acids is 1. The number of nitrogens with zero attached hydrogens (tertiary/aromatic N) is 1. The molecule has 0 atom stereocenters.